The van der Waals surface area contributed by atoms with E-state index in [0.29, 0.717) is 15.1 Å². The Kier molecular flexibility index (Phi) is 2.17. The molecule has 0 amide bonds. The van der Waals surface area contributed by atoms with Crippen LogP contribution in [0.25, 0.3) is 0 Å². The average Bonchev–Trinajstić information content (AvgIpc) is 1.88. The fourth-order valence-electron chi connectivity index (χ4n) is 0.517. The van der Waals surface area contributed by atoms with Crippen LogP contribution in [-0.4, -0.2) is 9.97 Å². The van der Waals surface area contributed by atoms with Crippen LogP contribution in [-0.2, 0) is 0 Å². The van der Waals surface area contributed by atoms with Crippen molar-refractivity contribution < 1.29 is 0 Å². The number of halogens is 1. The van der Waals surface area contributed by atoms with Crippen LogP contribution in [0.15, 0.2) is 6.20 Å². The van der Waals surface area contributed by atoms with E-state index in [9.17, 15) is 0 Å². The van der Waals surface area contributed by atoms with Gasteiger partial charge in [-0.05, 0) is 29.5 Å². The summed E-state index contributed by atoms with van der Waals surface area (Å²) in [7, 11) is 0. The van der Waals surface area contributed by atoms with Crippen LogP contribution in [0.4, 0.5) is 0 Å². The Bertz CT molecular complexity index is 290. The first-order valence-electron chi connectivity index (χ1n) is 2.63. The second kappa shape index (κ2) is 2.92. The van der Waals surface area contributed by atoms with Crippen molar-refractivity contribution in [1.82, 2.24) is 9.97 Å². The predicted octanol–water partition coefficient (Wildman–Crippen LogP) is 1.26. The molecule has 0 radical (unpaired) electrons. The minimum atomic E-state index is 0.534. The minimum absolute atomic E-state index is 0.534. The topological polar surface area (TPSA) is 49.6 Å². The maximum atomic E-state index is 8.47. The van der Waals surface area contributed by atoms with Crippen molar-refractivity contribution in [3.8, 4) is 6.07 Å². The molecule has 1 heterocycles. The molecule has 1 rings (SSSR count). The summed E-state index contributed by atoms with van der Waals surface area (Å²) >= 11 is 2.01. The van der Waals surface area contributed by atoms with Gasteiger partial charge in [-0.25, -0.2) is 9.97 Å². The van der Waals surface area contributed by atoms with Gasteiger partial charge >= 0.3 is 0 Å². The molecule has 0 atom stereocenters. The van der Waals surface area contributed by atoms with Crippen molar-refractivity contribution in [2.75, 3.05) is 0 Å². The summed E-state index contributed by atoms with van der Waals surface area (Å²) in [6.07, 6.45) is 1.53. The third-order valence-corrected chi connectivity index (χ3v) is 1.81. The van der Waals surface area contributed by atoms with Crippen molar-refractivity contribution in [3.63, 3.8) is 0 Å². The van der Waals surface area contributed by atoms with Gasteiger partial charge in [-0.3, -0.25) is 0 Å². The van der Waals surface area contributed by atoms with E-state index in [1.54, 1.807) is 6.92 Å². The normalized spacial score (nSPS) is 8.90. The third kappa shape index (κ3) is 1.42. The van der Waals surface area contributed by atoms with Gasteiger partial charge in [0.2, 0.25) is 0 Å². The Morgan fingerprint density at radius 1 is 1.70 bits per heavy atom. The van der Waals surface area contributed by atoms with Gasteiger partial charge in [-0.1, -0.05) is 0 Å². The van der Waals surface area contributed by atoms with E-state index in [4.69, 9.17) is 5.26 Å². The van der Waals surface area contributed by atoms with Crippen molar-refractivity contribution >= 4 is 22.6 Å². The summed E-state index contributed by atoms with van der Waals surface area (Å²) < 4.78 is 0.715. The van der Waals surface area contributed by atoms with Gasteiger partial charge in [0.1, 0.15) is 21.2 Å². The summed E-state index contributed by atoms with van der Waals surface area (Å²) in [6, 6.07) is 1.99. The van der Waals surface area contributed by atoms with Gasteiger partial charge in [0.15, 0.2) is 0 Å². The predicted molar refractivity (Wildman–Crippen MR) is 44.2 cm³/mol. The molecule has 1 aromatic heterocycles. The Labute approximate surface area is 72.3 Å². The second-order valence-electron chi connectivity index (χ2n) is 1.73. The first-order chi connectivity index (χ1) is 4.74. The lowest BCUT2D eigenvalue weighted by molar-refractivity contribution is 1.02. The van der Waals surface area contributed by atoms with Crippen LogP contribution in [0, 0.1) is 22.0 Å². The van der Waals surface area contributed by atoms with Crippen LogP contribution < -0.4 is 0 Å². The molecule has 50 valence electrons. The maximum absolute atomic E-state index is 8.47. The maximum Gasteiger partial charge on any atom is 0.126 e. The molecule has 4 heteroatoms. The highest BCUT2D eigenvalue weighted by molar-refractivity contribution is 14.1. The number of aryl methyl sites for hydroxylation is 1. The number of aromatic nitrogens is 2. The van der Waals surface area contributed by atoms with Crippen molar-refractivity contribution in [2.24, 2.45) is 0 Å². The van der Waals surface area contributed by atoms with E-state index in [1.165, 1.54) is 6.20 Å². The SMILES string of the molecule is Cc1ncc(C#N)c(I)n1. The molecule has 0 aliphatic carbocycles. The van der Waals surface area contributed by atoms with Crippen LogP contribution in [0.5, 0.6) is 0 Å². The van der Waals surface area contributed by atoms with Crippen LogP contribution in [0.3, 0.4) is 0 Å². The number of rotatable bonds is 0. The standard InChI is InChI=1S/C6H4IN3/c1-4-9-3-5(2-8)6(7)10-4/h3H,1H3. The Morgan fingerprint density at radius 3 is 2.90 bits per heavy atom. The summed E-state index contributed by atoms with van der Waals surface area (Å²) in [6.45, 7) is 1.79. The molecule has 0 saturated carbocycles. The highest BCUT2D eigenvalue weighted by Crippen LogP contribution is 2.05. The van der Waals surface area contributed by atoms with Gasteiger partial charge in [0, 0.05) is 6.20 Å². The molecule has 0 aliphatic heterocycles. The summed E-state index contributed by atoms with van der Waals surface area (Å²) in [5.41, 5.74) is 0.534. The van der Waals surface area contributed by atoms with Gasteiger partial charge < -0.3 is 0 Å². The number of hydrogen-bond donors (Lipinski definition) is 0. The molecular formula is C6H4IN3. The zero-order valence-corrected chi connectivity index (χ0v) is 7.45. The summed E-state index contributed by atoms with van der Waals surface area (Å²) in [5.74, 6) is 0.698. The lowest BCUT2D eigenvalue weighted by Gasteiger charge is -1.92. The van der Waals surface area contributed by atoms with Crippen molar-refractivity contribution in [1.29, 1.82) is 5.26 Å². The molecule has 1 aromatic rings. The largest absolute Gasteiger partial charge is 0.240 e. The van der Waals surface area contributed by atoms with Gasteiger partial charge in [-0.2, -0.15) is 5.26 Å². The zero-order valence-electron chi connectivity index (χ0n) is 5.30. The molecule has 0 unspecified atom stereocenters. The van der Waals surface area contributed by atoms with E-state index in [2.05, 4.69) is 9.97 Å². The van der Waals surface area contributed by atoms with Crippen molar-refractivity contribution in [2.45, 2.75) is 6.92 Å². The zero-order chi connectivity index (χ0) is 7.56. The molecule has 0 fully saturated rings. The molecule has 0 N–H and O–H groups in total. The van der Waals surface area contributed by atoms with E-state index < -0.39 is 0 Å². The van der Waals surface area contributed by atoms with E-state index in [0.717, 1.165) is 0 Å². The Balaban J connectivity index is 3.23. The van der Waals surface area contributed by atoms with Gasteiger partial charge in [-0.15, -0.1) is 0 Å². The fraction of sp³-hybridized carbons (Fsp3) is 0.167. The molecule has 0 aliphatic rings. The number of nitrogens with zero attached hydrogens (tertiary/aromatic N) is 3. The third-order valence-electron chi connectivity index (χ3n) is 0.983. The molecule has 0 bridgehead atoms. The quantitative estimate of drug-likeness (QED) is 0.510. The lowest BCUT2D eigenvalue weighted by Crippen LogP contribution is -1.93. The van der Waals surface area contributed by atoms with E-state index in [-0.39, 0.29) is 0 Å². The van der Waals surface area contributed by atoms with Crippen LogP contribution in [0.1, 0.15) is 11.4 Å². The molecule has 0 saturated heterocycles. The van der Waals surface area contributed by atoms with E-state index in [1.807, 2.05) is 28.7 Å². The van der Waals surface area contributed by atoms with E-state index >= 15 is 0 Å². The minimum Gasteiger partial charge on any atom is -0.240 e. The average molecular weight is 245 g/mol. The van der Waals surface area contributed by atoms with Crippen LogP contribution >= 0.6 is 22.6 Å². The smallest absolute Gasteiger partial charge is 0.126 e. The van der Waals surface area contributed by atoms with Gasteiger partial charge in [0.25, 0.3) is 0 Å². The fourth-order valence-corrected chi connectivity index (χ4v) is 1.13. The monoisotopic (exact) mass is 245 g/mol. The second-order valence-corrected chi connectivity index (χ2v) is 2.76. The lowest BCUT2D eigenvalue weighted by atomic mass is 10.4. The number of nitriles is 1. The Hall–Kier alpha value is -0.700. The van der Waals surface area contributed by atoms with Crippen LogP contribution in [0.2, 0.25) is 0 Å². The summed E-state index contributed by atoms with van der Waals surface area (Å²) in [4.78, 5) is 7.87. The first-order valence-corrected chi connectivity index (χ1v) is 3.71. The van der Waals surface area contributed by atoms with Gasteiger partial charge in [0.05, 0.1) is 0 Å². The molecular weight excluding hydrogens is 241 g/mol. The molecule has 0 spiro atoms. The first kappa shape index (κ1) is 7.41. The highest BCUT2D eigenvalue weighted by atomic mass is 127. The molecule has 3 nitrogen and oxygen atoms in total. The summed E-state index contributed by atoms with van der Waals surface area (Å²) in [5, 5.41) is 8.47. The molecule has 10 heavy (non-hydrogen) atoms. The molecule has 0 aromatic carbocycles. The highest BCUT2D eigenvalue weighted by Gasteiger charge is 1.98. The number of hydrogen-bond acceptors (Lipinski definition) is 3. The van der Waals surface area contributed by atoms with Crippen molar-refractivity contribution in [3.05, 3.63) is 21.3 Å². The Morgan fingerprint density at radius 2 is 2.40 bits per heavy atom.